The lowest BCUT2D eigenvalue weighted by Crippen LogP contribution is -2.56. The van der Waals surface area contributed by atoms with Gasteiger partial charge in [-0.3, -0.25) is 4.98 Å². The largest absolute Gasteiger partial charge is 0.444 e. The molecular formula is C28H36FN7OSi. The van der Waals surface area contributed by atoms with Crippen LogP contribution in [0.15, 0.2) is 59.5 Å². The minimum atomic E-state index is -2.08. The van der Waals surface area contributed by atoms with Crippen molar-refractivity contribution < 1.29 is 8.81 Å². The van der Waals surface area contributed by atoms with Crippen LogP contribution in [0.3, 0.4) is 0 Å². The number of hydrogen-bond donors (Lipinski definition) is 2. The first-order chi connectivity index (χ1) is 18.1. The SMILES string of the molecule is CC(Nc1nc(Nc2cnccn2)cc(-c2cnc([Si](C(C)C)(C(C)C)C(C)C)o2)n1)c1ccc(F)cc1. The Balaban J connectivity index is 1.74. The quantitative estimate of drug-likeness (QED) is 0.213. The highest BCUT2D eigenvalue weighted by Gasteiger charge is 2.49. The van der Waals surface area contributed by atoms with Crippen LogP contribution in [-0.4, -0.2) is 33.0 Å². The molecule has 2 N–H and O–H groups in total. The van der Waals surface area contributed by atoms with Crippen molar-refractivity contribution in [3.05, 3.63) is 66.5 Å². The number of hydrogen-bond acceptors (Lipinski definition) is 8. The molecule has 0 spiro atoms. The van der Waals surface area contributed by atoms with E-state index in [0.29, 0.717) is 45.7 Å². The van der Waals surface area contributed by atoms with Crippen molar-refractivity contribution >= 4 is 31.2 Å². The van der Waals surface area contributed by atoms with Gasteiger partial charge in [0.1, 0.15) is 23.1 Å². The summed E-state index contributed by atoms with van der Waals surface area (Å²) in [4.78, 5) is 22.7. The minimum Gasteiger partial charge on any atom is -0.444 e. The Morgan fingerprint density at radius 2 is 1.50 bits per heavy atom. The van der Waals surface area contributed by atoms with E-state index >= 15 is 0 Å². The van der Waals surface area contributed by atoms with E-state index in [1.807, 2.05) is 13.0 Å². The number of aromatic nitrogens is 5. The van der Waals surface area contributed by atoms with Crippen LogP contribution in [-0.2, 0) is 0 Å². The summed E-state index contributed by atoms with van der Waals surface area (Å²) in [5.74, 6) is 1.78. The van der Waals surface area contributed by atoms with Gasteiger partial charge in [0.05, 0.1) is 18.4 Å². The number of benzene rings is 1. The van der Waals surface area contributed by atoms with Crippen LogP contribution >= 0.6 is 0 Å². The third-order valence-electron chi connectivity index (χ3n) is 7.26. The third kappa shape index (κ3) is 5.59. The molecule has 0 aliphatic carbocycles. The van der Waals surface area contributed by atoms with E-state index in [0.717, 1.165) is 11.1 Å². The second-order valence-electron chi connectivity index (χ2n) is 10.5. The predicted molar refractivity (Wildman–Crippen MR) is 152 cm³/mol. The van der Waals surface area contributed by atoms with E-state index in [-0.39, 0.29) is 11.9 Å². The van der Waals surface area contributed by atoms with Crippen LogP contribution in [0, 0.1) is 5.82 Å². The summed E-state index contributed by atoms with van der Waals surface area (Å²) in [5.41, 5.74) is 3.74. The summed E-state index contributed by atoms with van der Waals surface area (Å²) in [6.07, 6.45) is 6.61. The van der Waals surface area contributed by atoms with E-state index in [9.17, 15) is 4.39 Å². The minimum absolute atomic E-state index is 0.164. The smallest absolute Gasteiger partial charge is 0.225 e. The molecule has 8 nitrogen and oxygen atoms in total. The van der Waals surface area contributed by atoms with Crippen LogP contribution in [0.1, 0.15) is 60.1 Å². The number of halogens is 1. The molecule has 1 aromatic carbocycles. The average molecular weight is 534 g/mol. The van der Waals surface area contributed by atoms with Crippen LogP contribution in [0.5, 0.6) is 0 Å². The number of rotatable bonds is 10. The van der Waals surface area contributed by atoms with Gasteiger partial charge < -0.3 is 15.1 Å². The maximum atomic E-state index is 13.4. The Hall–Kier alpha value is -3.66. The highest BCUT2D eigenvalue weighted by Crippen LogP contribution is 2.41. The first kappa shape index (κ1) is 27.4. The van der Waals surface area contributed by atoms with Crippen LogP contribution in [0.25, 0.3) is 11.5 Å². The molecule has 0 aliphatic heterocycles. The molecule has 4 aromatic rings. The van der Waals surface area contributed by atoms with E-state index in [2.05, 4.69) is 67.1 Å². The fourth-order valence-electron chi connectivity index (χ4n) is 5.56. The van der Waals surface area contributed by atoms with Crippen molar-refractivity contribution in [3.8, 4) is 11.5 Å². The molecule has 1 unspecified atom stereocenters. The van der Waals surface area contributed by atoms with Gasteiger partial charge in [0.25, 0.3) is 0 Å². The highest BCUT2D eigenvalue weighted by atomic mass is 28.3. The lowest BCUT2D eigenvalue weighted by atomic mass is 10.1. The second-order valence-corrected chi connectivity index (χ2v) is 16.3. The number of anilines is 3. The Bertz CT molecular complexity index is 1320. The van der Waals surface area contributed by atoms with Crippen LogP contribution < -0.4 is 16.1 Å². The van der Waals surface area contributed by atoms with Gasteiger partial charge in [-0.2, -0.15) is 4.98 Å². The first-order valence-electron chi connectivity index (χ1n) is 13.0. The maximum absolute atomic E-state index is 13.4. The maximum Gasteiger partial charge on any atom is 0.225 e. The summed E-state index contributed by atoms with van der Waals surface area (Å²) in [6.45, 7) is 15.7. The zero-order chi connectivity index (χ0) is 27.4. The number of oxazole rings is 1. The Morgan fingerprint density at radius 1 is 0.816 bits per heavy atom. The molecular weight excluding hydrogens is 497 g/mol. The summed E-state index contributed by atoms with van der Waals surface area (Å²) < 4.78 is 20.0. The topological polar surface area (TPSA) is 102 Å². The zero-order valence-corrected chi connectivity index (χ0v) is 24.0. The van der Waals surface area contributed by atoms with Crippen molar-refractivity contribution in [2.45, 2.75) is 71.1 Å². The molecule has 0 saturated carbocycles. The Labute approximate surface area is 224 Å². The monoisotopic (exact) mass is 533 g/mol. The zero-order valence-electron chi connectivity index (χ0n) is 23.0. The lowest BCUT2D eigenvalue weighted by Gasteiger charge is -2.39. The summed E-state index contributed by atoms with van der Waals surface area (Å²) in [6, 6.07) is 8.02. The number of nitrogens with one attached hydrogen (secondary N) is 2. The second kappa shape index (κ2) is 11.4. The van der Waals surface area contributed by atoms with Crippen molar-refractivity contribution in [1.29, 1.82) is 0 Å². The van der Waals surface area contributed by atoms with Crippen LogP contribution in [0.2, 0.25) is 16.6 Å². The summed E-state index contributed by atoms with van der Waals surface area (Å²) in [7, 11) is -2.08. The van der Waals surface area contributed by atoms with Crippen molar-refractivity contribution in [3.63, 3.8) is 0 Å². The fourth-order valence-corrected chi connectivity index (χ4v) is 11.6. The molecule has 0 saturated heterocycles. The molecule has 200 valence electrons. The molecule has 3 aromatic heterocycles. The van der Waals surface area contributed by atoms with Crippen LogP contribution in [0.4, 0.5) is 22.0 Å². The molecule has 0 aliphatic rings. The number of nitrogens with zero attached hydrogens (tertiary/aromatic N) is 5. The Kier molecular flexibility index (Phi) is 8.20. The normalized spacial score (nSPS) is 12.8. The van der Waals surface area contributed by atoms with Gasteiger partial charge in [0, 0.05) is 18.5 Å². The van der Waals surface area contributed by atoms with E-state index in [4.69, 9.17) is 14.4 Å². The third-order valence-corrected chi connectivity index (χ3v) is 14.0. The standard InChI is InChI=1S/C28H36FN7OSi/c1-17(2)38(18(3)4,19(5)6)28-32-15-24(37-28)23-14-25(35-26-16-30-12-13-31-26)36-27(34-23)33-20(7)21-8-10-22(29)11-9-21/h8-20H,1-7H3,(H2,31,33,34,35,36). The Morgan fingerprint density at radius 3 is 2.11 bits per heavy atom. The lowest BCUT2D eigenvalue weighted by molar-refractivity contribution is 0.591. The van der Waals surface area contributed by atoms with Gasteiger partial charge in [-0.25, -0.2) is 19.3 Å². The van der Waals surface area contributed by atoms with Gasteiger partial charge in [-0.05, 0) is 41.2 Å². The fraction of sp³-hybridized carbons (Fsp3) is 0.393. The van der Waals surface area contributed by atoms with Gasteiger partial charge in [-0.1, -0.05) is 53.7 Å². The molecule has 0 amide bonds. The highest BCUT2D eigenvalue weighted by molar-refractivity contribution is 6.93. The van der Waals surface area contributed by atoms with Crippen molar-refractivity contribution in [2.24, 2.45) is 0 Å². The van der Waals surface area contributed by atoms with Gasteiger partial charge >= 0.3 is 0 Å². The predicted octanol–water partition coefficient (Wildman–Crippen LogP) is 6.86. The summed E-state index contributed by atoms with van der Waals surface area (Å²) >= 11 is 0. The first-order valence-corrected chi connectivity index (χ1v) is 15.2. The average Bonchev–Trinajstić information content (AvgIpc) is 3.35. The molecule has 4 rings (SSSR count). The van der Waals surface area contributed by atoms with E-state index in [1.165, 1.54) is 12.1 Å². The molecule has 1 atom stereocenters. The van der Waals surface area contributed by atoms with Gasteiger partial charge in [-0.15, -0.1) is 0 Å². The van der Waals surface area contributed by atoms with Gasteiger partial charge in [0.2, 0.25) is 5.95 Å². The molecule has 0 radical (unpaired) electrons. The van der Waals surface area contributed by atoms with E-state index < -0.39 is 8.07 Å². The van der Waals surface area contributed by atoms with Crippen molar-refractivity contribution in [2.75, 3.05) is 10.6 Å². The summed E-state index contributed by atoms with van der Waals surface area (Å²) in [5, 5.41) is 6.53. The molecule has 38 heavy (non-hydrogen) atoms. The van der Waals surface area contributed by atoms with Crippen molar-refractivity contribution in [1.82, 2.24) is 24.9 Å². The van der Waals surface area contributed by atoms with E-state index in [1.54, 1.807) is 36.9 Å². The molecule has 0 fully saturated rings. The molecule has 3 heterocycles. The molecule has 0 bridgehead atoms. The van der Waals surface area contributed by atoms with Gasteiger partial charge in [0.15, 0.2) is 19.3 Å². The molecule has 10 heteroatoms.